The minimum absolute atomic E-state index is 0.156. The fourth-order valence-electron chi connectivity index (χ4n) is 3.06. The van der Waals surface area contributed by atoms with Crippen LogP contribution in [0.3, 0.4) is 0 Å². The summed E-state index contributed by atoms with van der Waals surface area (Å²) in [4.78, 5) is 38.2. The van der Waals surface area contributed by atoms with E-state index >= 15 is 0 Å². The van der Waals surface area contributed by atoms with Crippen LogP contribution in [0.4, 0.5) is 8.78 Å². The van der Waals surface area contributed by atoms with E-state index in [0.29, 0.717) is 30.8 Å². The van der Waals surface area contributed by atoms with Crippen LogP contribution in [0.25, 0.3) is 0 Å². The molecule has 1 unspecified atom stereocenters. The summed E-state index contributed by atoms with van der Waals surface area (Å²) in [5.74, 6) is -1.28. The molecule has 1 atom stereocenters. The molecule has 2 aliphatic rings. The maximum absolute atomic E-state index is 14.0. The quantitative estimate of drug-likeness (QED) is 0.767. The van der Waals surface area contributed by atoms with E-state index in [0.717, 1.165) is 17.0 Å². The predicted molar refractivity (Wildman–Crippen MR) is 88.7 cm³/mol. The molecule has 0 aromatic heterocycles. The minimum Gasteiger partial charge on any atom is -0.340 e. The van der Waals surface area contributed by atoms with Crippen molar-refractivity contribution in [3.8, 4) is 0 Å². The smallest absolute Gasteiger partial charge is 0.242 e. The van der Waals surface area contributed by atoms with E-state index in [4.69, 9.17) is 0 Å². The van der Waals surface area contributed by atoms with E-state index in [2.05, 4.69) is 0 Å². The number of hydrogen-bond donors (Lipinski definition) is 0. The maximum Gasteiger partial charge on any atom is 0.242 e. The second-order valence-corrected chi connectivity index (χ2v) is 7.38. The molecular formula is C17H18F2N2O3S. The molecule has 1 aromatic rings. The van der Waals surface area contributed by atoms with E-state index in [1.54, 1.807) is 4.90 Å². The molecule has 0 spiro atoms. The lowest BCUT2D eigenvalue weighted by Gasteiger charge is -2.23. The third kappa shape index (κ3) is 4.00. The van der Waals surface area contributed by atoms with Gasteiger partial charge in [0.05, 0.1) is 0 Å². The number of imide groups is 1. The molecule has 0 saturated carbocycles. The van der Waals surface area contributed by atoms with E-state index in [-0.39, 0.29) is 42.4 Å². The largest absolute Gasteiger partial charge is 0.340 e. The van der Waals surface area contributed by atoms with Crippen LogP contribution >= 0.6 is 11.8 Å². The summed E-state index contributed by atoms with van der Waals surface area (Å²) in [6.45, 7) is 0.594. The molecule has 8 heteroatoms. The van der Waals surface area contributed by atoms with Crippen molar-refractivity contribution in [3.05, 3.63) is 35.4 Å². The molecule has 5 nitrogen and oxygen atoms in total. The van der Waals surface area contributed by atoms with E-state index in [1.165, 1.54) is 17.8 Å². The summed E-state index contributed by atoms with van der Waals surface area (Å²) in [7, 11) is 0. The average molecular weight is 368 g/mol. The van der Waals surface area contributed by atoms with Crippen molar-refractivity contribution in [1.29, 1.82) is 0 Å². The number of likely N-dealkylation sites (tertiary alicyclic amines) is 1. The molecular weight excluding hydrogens is 350 g/mol. The van der Waals surface area contributed by atoms with Crippen molar-refractivity contribution in [3.63, 3.8) is 0 Å². The van der Waals surface area contributed by atoms with Crippen molar-refractivity contribution in [1.82, 2.24) is 9.80 Å². The second kappa shape index (κ2) is 7.51. The van der Waals surface area contributed by atoms with Gasteiger partial charge < -0.3 is 4.90 Å². The molecule has 0 aliphatic carbocycles. The van der Waals surface area contributed by atoms with Gasteiger partial charge in [-0.3, -0.25) is 19.3 Å². The van der Waals surface area contributed by atoms with Crippen molar-refractivity contribution < 1.29 is 23.2 Å². The van der Waals surface area contributed by atoms with Crippen LogP contribution in [0.2, 0.25) is 0 Å². The summed E-state index contributed by atoms with van der Waals surface area (Å²) in [5.41, 5.74) is 0.309. The molecule has 0 bridgehead atoms. The fraction of sp³-hybridized carbons (Fsp3) is 0.471. The number of benzene rings is 1. The van der Waals surface area contributed by atoms with E-state index < -0.39 is 11.6 Å². The zero-order valence-electron chi connectivity index (χ0n) is 13.5. The Morgan fingerprint density at radius 2 is 1.88 bits per heavy atom. The van der Waals surface area contributed by atoms with Gasteiger partial charge in [-0.05, 0) is 24.6 Å². The van der Waals surface area contributed by atoms with Gasteiger partial charge in [0.15, 0.2) is 0 Å². The summed E-state index contributed by atoms with van der Waals surface area (Å²) in [6.07, 6.45) is 0.796. The number of hydrogen-bond acceptors (Lipinski definition) is 4. The normalized spacial score (nSPS) is 21.6. The molecule has 25 heavy (non-hydrogen) atoms. The van der Waals surface area contributed by atoms with Crippen LogP contribution in [-0.2, 0) is 14.4 Å². The number of rotatable bonds is 3. The lowest BCUT2D eigenvalue weighted by atomic mass is 10.1. The Hall–Kier alpha value is -1.96. The first-order valence-corrected chi connectivity index (χ1v) is 9.18. The number of thioether (sulfide) groups is 1. The first-order chi connectivity index (χ1) is 12.0. The van der Waals surface area contributed by atoms with Gasteiger partial charge in [0, 0.05) is 42.5 Å². The van der Waals surface area contributed by atoms with E-state index in [1.807, 2.05) is 0 Å². The molecule has 0 N–H and O–H groups in total. The van der Waals surface area contributed by atoms with Crippen molar-refractivity contribution in [2.75, 3.05) is 25.4 Å². The van der Waals surface area contributed by atoms with Crippen molar-refractivity contribution >= 4 is 29.5 Å². The second-order valence-electron chi connectivity index (χ2n) is 6.07. The summed E-state index contributed by atoms with van der Waals surface area (Å²) in [6, 6.07) is 3.40. The molecule has 2 aliphatic heterocycles. The summed E-state index contributed by atoms with van der Waals surface area (Å²) < 4.78 is 27.4. The first kappa shape index (κ1) is 17.8. The standard InChI is InChI=1S/C17H18F2N2O3S/c18-11-1-2-13(19)12(9-11)14-5-6-20(7-8-25-14)17(24)10-21-15(22)3-4-16(21)23/h1-2,9,14H,3-8,10H2. The van der Waals surface area contributed by atoms with Crippen LogP contribution in [0.5, 0.6) is 0 Å². The van der Waals surface area contributed by atoms with Gasteiger partial charge >= 0.3 is 0 Å². The zero-order chi connectivity index (χ0) is 18.0. The minimum atomic E-state index is -0.486. The fourth-order valence-corrected chi connectivity index (χ4v) is 4.31. The molecule has 2 saturated heterocycles. The van der Waals surface area contributed by atoms with Crippen molar-refractivity contribution in [2.45, 2.75) is 24.5 Å². The Balaban J connectivity index is 1.63. The Morgan fingerprint density at radius 3 is 2.60 bits per heavy atom. The average Bonchev–Trinajstić information content (AvgIpc) is 2.80. The Labute approximate surface area is 148 Å². The van der Waals surface area contributed by atoms with E-state index in [9.17, 15) is 23.2 Å². The number of carbonyl (C=O) groups excluding carboxylic acids is 3. The highest BCUT2D eigenvalue weighted by Crippen LogP contribution is 2.36. The van der Waals surface area contributed by atoms with Gasteiger partial charge in [0.25, 0.3) is 0 Å². The number of nitrogens with zero attached hydrogens (tertiary/aromatic N) is 2. The zero-order valence-corrected chi connectivity index (χ0v) is 14.4. The highest BCUT2D eigenvalue weighted by Gasteiger charge is 2.32. The van der Waals surface area contributed by atoms with Crippen LogP contribution in [-0.4, -0.2) is 52.9 Å². The molecule has 3 rings (SSSR count). The maximum atomic E-state index is 14.0. The first-order valence-electron chi connectivity index (χ1n) is 8.13. The Morgan fingerprint density at radius 1 is 1.16 bits per heavy atom. The third-order valence-corrected chi connectivity index (χ3v) is 5.76. The lowest BCUT2D eigenvalue weighted by molar-refractivity contribution is -0.145. The van der Waals surface area contributed by atoms with Gasteiger partial charge in [-0.2, -0.15) is 11.8 Å². The monoisotopic (exact) mass is 368 g/mol. The van der Waals surface area contributed by atoms with Gasteiger partial charge in [0.1, 0.15) is 18.2 Å². The Kier molecular flexibility index (Phi) is 5.36. The van der Waals surface area contributed by atoms with Gasteiger partial charge in [-0.15, -0.1) is 0 Å². The molecule has 2 heterocycles. The molecule has 2 fully saturated rings. The third-order valence-electron chi connectivity index (χ3n) is 4.45. The molecule has 134 valence electrons. The lowest BCUT2D eigenvalue weighted by Crippen LogP contribution is -2.43. The highest BCUT2D eigenvalue weighted by molar-refractivity contribution is 7.99. The van der Waals surface area contributed by atoms with Crippen LogP contribution in [0.15, 0.2) is 18.2 Å². The van der Waals surface area contributed by atoms with Crippen LogP contribution < -0.4 is 0 Å². The SMILES string of the molecule is O=C(CN1C(=O)CCC1=O)N1CCSC(c2cc(F)ccc2F)CC1. The number of carbonyl (C=O) groups is 3. The summed E-state index contributed by atoms with van der Waals surface area (Å²) >= 11 is 1.48. The predicted octanol–water partition coefficient (Wildman–Crippen LogP) is 2.12. The topological polar surface area (TPSA) is 57.7 Å². The van der Waals surface area contributed by atoms with Gasteiger partial charge in [-0.25, -0.2) is 8.78 Å². The Bertz CT molecular complexity index is 697. The molecule has 0 radical (unpaired) electrons. The molecule has 3 amide bonds. The van der Waals surface area contributed by atoms with Gasteiger partial charge in [0.2, 0.25) is 17.7 Å². The highest BCUT2D eigenvalue weighted by atomic mass is 32.2. The summed E-state index contributed by atoms with van der Waals surface area (Å²) in [5, 5.41) is -0.233. The van der Waals surface area contributed by atoms with Crippen LogP contribution in [0, 0.1) is 11.6 Å². The number of amides is 3. The molecule has 1 aromatic carbocycles. The van der Waals surface area contributed by atoms with Crippen molar-refractivity contribution in [2.24, 2.45) is 0 Å². The van der Waals surface area contributed by atoms with Crippen LogP contribution in [0.1, 0.15) is 30.1 Å². The van der Waals surface area contributed by atoms with Gasteiger partial charge in [-0.1, -0.05) is 0 Å². The number of halogens is 2.